The first-order valence-electron chi connectivity index (χ1n) is 7.76. The number of aromatic nitrogens is 2. The number of nitrogens with one attached hydrogen (secondary N) is 1. The molecular formula is C18H18ClN3OS. The lowest BCUT2D eigenvalue weighted by Crippen LogP contribution is -2.24. The molecule has 0 aliphatic heterocycles. The minimum atomic E-state index is 0.0128. The first-order chi connectivity index (χ1) is 11.7. The monoisotopic (exact) mass is 359 g/mol. The van der Waals surface area contributed by atoms with Gasteiger partial charge in [-0.25, -0.2) is 4.98 Å². The van der Waals surface area contributed by atoms with Gasteiger partial charge in [0.1, 0.15) is 0 Å². The topological polar surface area (TPSA) is 46.9 Å². The molecule has 0 saturated heterocycles. The SMILES string of the molecule is CCNC(=O)CSc1nc2cc(Cl)ccc2n1Cc1ccccc1. The Kier molecular flexibility index (Phi) is 5.43. The molecule has 0 radical (unpaired) electrons. The van der Waals surface area contributed by atoms with E-state index in [4.69, 9.17) is 11.6 Å². The van der Waals surface area contributed by atoms with Gasteiger partial charge in [-0.15, -0.1) is 0 Å². The van der Waals surface area contributed by atoms with E-state index in [1.165, 1.54) is 17.3 Å². The predicted octanol–water partition coefficient (Wildman–Crippen LogP) is 3.97. The number of thioether (sulfide) groups is 1. The van der Waals surface area contributed by atoms with Crippen LogP contribution in [0.1, 0.15) is 12.5 Å². The number of hydrogen-bond donors (Lipinski definition) is 1. The minimum absolute atomic E-state index is 0.0128. The number of hydrogen-bond acceptors (Lipinski definition) is 3. The molecule has 0 atom stereocenters. The Bertz CT molecular complexity index is 848. The molecule has 1 heterocycles. The Morgan fingerprint density at radius 3 is 2.79 bits per heavy atom. The van der Waals surface area contributed by atoms with Crippen molar-refractivity contribution in [2.24, 2.45) is 0 Å². The van der Waals surface area contributed by atoms with Crippen molar-refractivity contribution >= 4 is 40.3 Å². The van der Waals surface area contributed by atoms with Crippen molar-refractivity contribution in [2.75, 3.05) is 12.3 Å². The molecule has 0 fully saturated rings. The van der Waals surface area contributed by atoms with Crippen molar-refractivity contribution in [3.63, 3.8) is 0 Å². The number of rotatable bonds is 6. The van der Waals surface area contributed by atoms with Gasteiger partial charge in [0, 0.05) is 11.6 Å². The molecule has 0 spiro atoms. The fourth-order valence-corrected chi connectivity index (χ4v) is 3.50. The summed E-state index contributed by atoms with van der Waals surface area (Å²) < 4.78 is 2.13. The second-order valence-electron chi connectivity index (χ2n) is 5.34. The molecule has 0 unspecified atom stereocenters. The molecular weight excluding hydrogens is 342 g/mol. The van der Waals surface area contributed by atoms with Crippen LogP contribution in [0.4, 0.5) is 0 Å². The van der Waals surface area contributed by atoms with Crippen LogP contribution in [0.5, 0.6) is 0 Å². The number of carbonyl (C=O) groups excluding carboxylic acids is 1. The lowest BCUT2D eigenvalue weighted by atomic mass is 10.2. The number of carbonyl (C=O) groups is 1. The Morgan fingerprint density at radius 1 is 1.25 bits per heavy atom. The number of benzene rings is 2. The standard InChI is InChI=1S/C18H18ClN3OS/c1-2-20-17(23)12-24-18-21-15-10-14(19)8-9-16(15)22(18)11-13-6-4-3-5-7-13/h3-10H,2,11-12H2,1H3,(H,20,23). The van der Waals surface area contributed by atoms with Crippen LogP contribution in [0, 0.1) is 0 Å². The lowest BCUT2D eigenvalue weighted by molar-refractivity contribution is -0.118. The molecule has 124 valence electrons. The van der Waals surface area contributed by atoms with Crippen LogP contribution in [-0.2, 0) is 11.3 Å². The molecule has 6 heteroatoms. The lowest BCUT2D eigenvalue weighted by Gasteiger charge is -2.09. The van der Waals surface area contributed by atoms with E-state index < -0.39 is 0 Å². The molecule has 2 aromatic carbocycles. The maximum atomic E-state index is 11.8. The van der Waals surface area contributed by atoms with Gasteiger partial charge < -0.3 is 9.88 Å². The highest BCUT2D eigenvalue weighted by Gasteiger charge is 2.13. The third-order valence-corrected chi connectivity index (χ3v) is 4.78. The van der Waals surface area contributed by atoms with Gasteiger partial charge in [-0.1, -0.05) is 53.7 Å². The highest BCUT2D eigenvalue weighted by molar-refractivity contribution is 7.99. The first-order valence-corrected chi connectivity index (χ1v) is 9.13. The fourth-order valence-electron chi connectivity index (χ4n) is 2.49. The maximum absolute atomic E-state index is 11.8. The van der Waals surface area contributed by atoms with Crippen molar-refractivity contribution in [2.45, 2.75) is 18.6 Å². The molecule has 1 N–H and O–H groups in total. The van der Waals surface area contributed by atoms with Crippen molar-refractivity contribution in [3.8, 4) is 0 Å². The molecule has 4 nitrogen and oxygen atoms in total. The third-order valence-electron chi connectivity index (χ3n) is 3.57. The molecule has 0 aliphatic carbocycles. The number of fused-ring (bicyclic) bond motifs is 1. The number of nitrogens with zero attached hydrogens (tertiary/aromatic N) is 2. The Hall–Kier alpha value is -1.98. The maximum Gasteiger partial charge on any atom is 0.230 e. The zero-order chi connectivity index (χ0) is 16.9. The highest BCUT2D eigenvalue weighted by Crippen LogP contribution is 2.27. The summed E-state index contributed by atoms with van der Waals surface area (Å²) >= 11 is 7.53. The van der Waals surface area contributed by atoms with Crippen LogP contribution in [-0.4, -0.2) is 27.8 Å². The third kappa shape index (κ3) is 3.91. The summed E-state index contributed by atoms with van der Waals surface area (Å²) in [5, 5.41) is 4.29. The van der Waals surface area contributed by atoms with Gasteiger partial charge in [0.2, 0.25) is 5.91 Å². The molecule has 3 rings (SSSR count). The summed E-state index contributed by atoms with van der Waals surface area (Å²) in [6.07, 6.45) is 0. The predicted molar refractivity (Wildman–Crippen MR) is 99.7 cm³/mol. The van der Waals surface area contributed by atoms with E-state index >= 15 is 0 Å². The molecule has 0 aliphatic rings. The van der Waals surface area contributed by atoms with E-state index in [-0.39, 0.29) is 5.91 Å². The van der Waals surface area contributed by atoms with Crippen LogP contribution in [0.25, 0.3) is 11.0 Å². The van der Waals surface area contributed by atoms with E-state index in [2.05, 4.69) is 27.0 Å². The van der Waals surface area contributed by atoms with Crippen molar-refractivity contribution in [1.82, 2.24) is 14.9 Å². The molecule has 1 amide bonds. The number of amides is 1. The van der Waals surface area contributed by atoms with Gasteiger partial charge in [-0.2, -0.15) is 0 Å². The average Bonchev–Trinajstić information content (AvgIpc) is 2.91. The van der Waals surface area contributed by atoms with Crippen LogP contribution < -0.4 is 5.32 Å². The summed E-state index contributed by atoms with van der Waals surface area (Å²) in [5.41, 5.74) is 3.05. The van der Waals surface area contributed by atoms with Gasteiger partial charge in [-0.05, 0) is 30.7 Å². The summed E-state index contributed by atoms with van der Waals surface area (Å²) in [6.45, 7) is 3.25. The van der Waals surface area contributed by atoms with Crippen molar-refractivity contribution < 1.29 is 4.79 Å². The van der Waals surface area contributed by atoms with Gasteiger partial charge in [-0.3, -0.25) is 4.79 Å². The Balaban J connectivity index is 1.93. The van der Waals surface area contributed by atoms with Crippen molar-refractivity contribution in [1.29, 1.82) is 0 Å². The number of halogens is 1. The van der Waals surface area contributed by atoms with Gasteiger partial charge in [0.25, 0.3) is 0 Å². The largest absolute Gasteiger partial charge is 0.356 e. The Labute approximate surface area is 150 Å². The van der Waals surface area contributed by atoms with Crippen LogP contribution >= 0.6 is 23.4 Å². The Morgan fingerprint density at radius 2 is 2.04 bits per heavy atom. The molecule has 0 bridgehead atoms. The van der Waals surface area contributed by atoms with Crippen LogP contribution in [0.3, 0.4) is 0 Å². The second kappa shape index (κ2) is 7.73. The first kappa shape index (κ1) is 16.9. The molecule has 1 aromatic heterocycles. The van der Waals surface area contributed by atoms with E-state index in [1.54, 1.807) is 0 Å². The summed E-state index contributed by atoms with van der Waals surface area (Å²) in [7, 11) is 0. The van der Waals surface area contributed by atoms with Gasteiger partial charge >= 0.3 is 0 Å². The van der Waals surface area contributed by atoms with E-state index in [1.807, 2.05) is 43.3 Å². The summed E-state index contributed by atoms with van der Waals surface area (Å²) in [6, 6.07) is 15.9. The average molecular weight is 360 g/mol. The van der Waals surface area contributed by atoms with Crippen LogP contribution in [0.15, 0.2) is 53.7 Å². The van der Waals surface area contributed by atoms with E-state index in [0.717, 1.165) is 16.2 Å². The zero-order valence-corrected chi connectivity index (χ0v) is 14.9. The fraction of sp³-hybridized carbons (Fsp3) is 0.222. The summed E-state index contributed by atoms with van der Waals surface area (Å²) in [4.78, 5) is 16.4. The van der Waals surface area contributed by atoms with Gasteiger partial charge in [0.05, 0.1) is 23.3 Å². The smallest absolute Gasteiger partial charge is 0.230 e. The molecule has 3 aromatic rings. The van der Waals surface area contributed by atoms with Crippen molar-refractivity contribution in [3.05, 3.63) is 59.1 Å². The normalized spacial score (nSPS) is 10.9. The minimum Gasteiger partial charge on any atom is -0.356 e. The highest BCUT2D eigenvalue weighted by atomic mass is 35.5. The van der Waals surface area contributed by atoms with E-state index in [9.17, 15) is 4.79 Å². The van der Waals surface area contributed by atoms with Gasteiger partial charge in [0.15, 0.2) is 5.16 Å². The molecule has 0 saturated carbocycles. The number of imidazole rings is 1. The quantitative estimate of drug-likeness (QED) is 0.677. The summed E-state index contributed by atoms with van der Waals surface area (Å²) in [5.74, 6) is 0.360. The van der Waals surface area contributed by atoms with E-state index in [0.29, 0.717) is 23.9 Å². The van der Waals surface area contributed by atoms with Crippen LogP contribution in [0.2, 0.25) is 5.02 Å². The zero-order valence-electron chi connectivity index (χ0n) is 13.3. The molecule has 24 heavy (non-hydrogen) atoms. The second-order valence-corrected chi connectivity index (χ2v) is 6.72.